The molecule has 2 N–H and O–H groups in total. The average Bonchev–Trinajstić information content (AvgIpc) is 2.30. The summed E-state index contributed by atoms with van der Waals surface area (Å²) in [6, 6.07) is 0.424. The van der Waals surface area contributed by atoms with Gasteiger partial charge in [0, 0.05) is 32.7 Å². The van der Waals surface area contributed by atoms with Gasteiger partial charge in [0.25, 0.3) is 0 Å². The number of hydrogen-bond acceptors (Lipinski definition) is 3. The highest BCUT2D eigenvalue weighted by Gasteiger charge is 2.24. The second-order valence-corrected chi connectivity index (χ2v) is 4.32. The molecule has 0 aromatic heterocycles. The molecule has 0 spiro atoms. The SMILES string of the molecule is CCNC(=O)CCNC1CCCCC1OC. The Labute approximate surface area is 98.1 Å². The first-order valence-electron chi connectivity index (χ1n) is 6.30. The van der Waals surface area contributed by atoms with Crippen molar-refractivity contribution in [1.29, 1.82) is 0 Å². The van der Waals surface area contributed by atoms with Crippen LogP contribution in [0.5, 0.6) is 0 Å². The molecule has 1 aliphatic carbocycles. The molecule has 0 aromatic carbocycles. The summed E-state index contributed by atoms with van der Waals surface area (Å²) in [5, 5.41) is 6.22. The topological polar surface area (TPSA) is 50.4 Å². The first kappa shape index (κ1) is 13.5. The molecular formula is C12H24N2O2. The van der Waals surface area contributed by atoms with Crippen molar-refractivity contribution in [1.82, 2.24) is 10.6 Å². The van der Waals surface area contributed by atoms with Crippen molar-refractivity contribution >= 4 is 5.91 Å². The summed E-state index contributed by atoms with van der Waals surface area (Å²) in [5.41, 5.74) is 0. The van der Waals surface area contributed by atoms with Crippen molar-refractivity contribution in [2.45, 2.75) is 51.2 Å². The monoisotopic (exact) mass is 228 g/mol. The summed E-state index contributed by atoms with van der Waals surface area (Å²) in [6.07, 6.45) is 5.69. The molecule has 0 bridgehead atoms. The summed E-state index contributed by atoms with van der Waals surface area (Å²) in [7, 11) is 1.77. The van der Waals surface area contributed by atoms with E-state index in [1.54, 1.807) is 7.11 Å². The average molecular weight is 228 g/mol. The molecule has 1 aliphatic rings. The van der Waals surface area contributed by atoms with Gasteiger partial charge in [-0.15, -0.1) is 0 Å². The highest BCUT2D eigenvalue weighted by molar-refractivity contribution is 5.75. The quantitative estimate of drug-likeness (QED) is 0.714. The van der Waals surface area contributed by atoms with Gasteiger partial charge in [-0.1, -0.05) is 12.8 Å². The predicted molar refractivity (Wildman–Crippen MR) is 64.4 cm³/mol. The number of hydrogen-bond donors (Lipinski definition) is 2. The van der Waals surface area contributed by atoms with E-state index >= 15 is 0 Å². The Morgan fingerprint density at radius 3 is 2.81 bits per heavy atom. The lowest BCUT2D eigenvalue weighted by atomic mass is 9.92. The number of carbonyl (C=O) groups is 1. The molecule has 0 radical (unpaired) electrons. The summed E-state index contributed by atoms with van der Waals surface area (Å²) in [4.78, 5) is 11.3. The van der Waals surface area contributed by atoms with Crippen LogP contribution in [0.25, 0.3) is 0 Å². The molecule has 4 heteroatoms. The summed E-state index contributed by atoms with van der Waals surface area (Å²) in [5.74, 6) is 0.125. The zero-order chi connectivity index (χ0) is 11.8. The molecule has 1 amide bonds. The fraction of sp³-hybridized carbons (Fsp3) is 0.917. The van der Waals surface area contributed by atoms with Crippen LogP contribution in [0.3, 0.4) is 0 Å². The Bertz CT molecular complexity index is 209. The maximum atomic E-state index is 11.3. The van der Waals surface area contributed by atoms with Crippen LogP contribution in [0.15, 0.2) is 0 Å². The number of rotatable bonds is 6. The first-order chi connectivity index (χ1) is 7.77. The smallest absolute Gasteiger partial charge is 0.221 e. The van der Waals surface area contributed by atoms with Crippen LogP contribution in [0.4, 0.5) is 0 Å². The lowest BCUT2D eigenvalue weighted by molar-refractivity contribution is -0.120. The van der Waals surface area contributed by atoms with Crippen molar-refractivity contribution in [3.8, 4) is 0 Å². The molecule has 4 nitrogen and oxygen atoms in total. The molecule has 0 aromatic rings. The third kappa shape index (κ3) is 4.49. The number of ether oxygens (including phenoxy) is 1. The molecule has 2 unspecified atom stereocenters. The summed E-state index contributed by atoms with van der Waals surface area (Å²) >= 11 is 0. The Kier molecular flexibility index (Phi) is 6.42. The standard InChI is InChI=1S/C12H24N2O2/c1-3-13-12(15)8-9-14-10-6-4-5-7-11(10)16-2/h10-11,14H,3-9H2,1-2H3,(H,13,15). The van der Waals surface area contributed by atoms with Gasteiger partial charge >= 0.3 is 0 Å². The molecule has 0 heterocycles. The second kappa shape index (κ2) is 7.63. The van der Waals surface area contributed by atoms with Gasteiger partial charge in [0.1, 0.15) is 0 Å². The predicted octanol–water partition coefficient (Wildman–Crippen LogP) is 1.06. The van der Waals surface area contributed by atoms with Crippen LogP contribution >= 0.6 is 0 Å². The highest BCUT2D eigenvalue weighted by atomic mass is 16.5. The maximum absolute atomic E-state index is 11.3. The summed E-state index contributed by atoms with van der Waals surface area (Å²) < 4.78 is 5.45. The molecule has 1 fully saturated rings. The maximum Gasteiger partial charge on any atom is 0.221 e. The van der Waals surface area contributed by atoms with Gasteiger partial charge in [0.15, 0.2) is 0 Å². The van der Waals surface area contributed by atoms with Gasteiger partial charge in [0.05, 0.1) is 6.10 Å². The lowest BCUT2D eigenvalue weighted by Crippen LogP contribution is -2.44. The normalized spacial score (nSPS) is 25.4. The van der Waals surface area contributed by atoms with Gasteiger partial charge in [-0.2, -0.15) is 0 Å². The third-order valence-electron chi connectivity index (χ3n) is 3.14. The number of methoxy groups -OCH3 is 1. The van der Waals surface area contributed by atoms with Gasteiger partial charge in [0.2, 0.25) is 5.91 Å². The third-order valence-corrected chi connectivity index (χ3v) is 3.14. The number of carbonyl (C=O) groups excluding carboxylic acids is 1. The van der Waals surface area contributed by atoms with Gasteiger partial charge < -0.3 is 15.4 Å². The molecule has 1 rings (SSSR count). The van der Waals surface area contributed by atoms with Crippen LogP contribution in [0.2, 0.25) is 0 Å². The van der Waals surface area contributed by atoms with Crippen molar-refractivity contribution in [3.63, 3.8) is 0 Å². The first-order valence-corrected chi connectivity index (χ1v) is 6.30. The minimum Gasteiger partial charge on any atom is -0.380 e. The second-order valence-electron chi connectivity index (χ2n) is 4.32. The fourth-order valence-corrected chi connectivity index (χ4v) is 2.27. The highest BCUT2D eigenvalue weighted by Crippen LogP contribution is 2.20. The van der Waals surface area contributed by atoms with Crippen LogP contribution < -0.4 is 10.6 Å². The largest absolute Gasteiger partial charge is 0.380 e. The van der Waals surface area contributed by atoms with E-state index in [0.29, 0.717) is 25.1 Å². The molecular weight excluding hydrogens is 204 g/mol. The van der Waals surface area contributed by atoms with Gasteiger partial charge in [-0.05, 0) is 19.8 Å². The van der Waals surface area contributed by atoms with Crippen LogP contribution in [-0.2, 0) is 9.53 Å². The van der Waals surface area contributed by atoms with E-state index in [1.165, 1.54) is 12.8 Å². The molecule has 94 valence electrons. The summed E-state index contributed by atoms with van der Waals surface area (Å²) in [6.45, 7) is 3.40. The Hall–Kier alpha value is -0.610. The zero-order valence-corrected chi connectivity index (χ0v) is 10.4. The molecule has 0 aliphatic heterocycles. The Balaban J connectivity index is 2.17. The zero-order valence-electron chi connectivity index (χ0n) is 10.4. The minimum absolute atomic E-state index is 0.125. The van der Waals surface area contributed by atoms with E-state index in [9.17, 15) is 4.79 Å². The Morgan fingerprint density at radius 1 is 1.38 bits per heavy atom. The number of nitrogens with one attached hydrogen (secondary N) is 2. The van der Waals surface area contributed by atoms with Gasteiger partial charge in [-0.3, -0.25) is 4.79 Å². The number of amides is 1. The van der Waals surface area contributed by atoms with Crippen LogP contribution in [0, 0.1) is 0 Å². The van der Waals surface area contributed by atoms with E-state index in [2.05, 4.69) is 10.6 Å². The van der Waals surface area contributed by atoms with Crippen molar-refractivity contribution in [2.75, 3.05) is 20.2 Å². The van der Waals surface area contributed by atoms with Crippen molar-refractivity contribution < 1.29 is 9.53 Å². The minimum atomic E-state index is 0.125. The van der Waals surface area contributed by atoms with Crippen LogP contribution in [0.1, 0.15) is 39.0 Å². The van der Waals surface area contributed by atoms with Crippen molar-refractivity contribution in [2.24, 2.45) is 0 Å². The molecule has 1 saturated carbocycles. The van der Waals surface area contributed by atoms with E-state index in [0.717, 1.165) is 19.4 Å². The molecule has 16 heavy (non-hydrogen) atoms. The molecule has 0 saturated heterocycles. The van der Waals surface area contributed by atoms with Gasteiger partial charge in [-0.25, -0.2) is 0 Å². The fourth-order valence-electron chi connectivity index (χ4n) is 2.27. The Morgan fingerprint density at radius 2 is 2.12 bits per heavy atom. The van der Waals surface area contributed by atoms with E-state index in [1.807, 2.05) is 6.92 Å². The van der Waals surface area contributed by atoms with Crippen LogP contribution in [-0.4, -0.2) is 38.3 Å². The molecule has 2 atom stereocenters. The lowest BCUT2D eigenvalue weighted by Gasteiger charge is -2.31. The van der Waals surface area contributed by atoms with Crippen molar-refractivity contribution in [3.05, 3.63) is 0 Å². The van der Waals surface area contributed by atoms with E-state index in [4.69, 9.17) is 4.74 Å². The van der Waals surface area contributed by atoms with E-state index in [-0.39, 0.29) is 5.91 Å². The van der Waals surface area contributed by atoms with E-state index < -0.39 is 0 Å².